The monoisotopic (exact) mass is 292 g/mol. The highest BCUT2D eigenvalue weighted by Crippen LogP contribution is 2.28. The lowest BCUT2D eigenvalue weighted by Crippen LogP contribution is -2.23. The number of carbonyl (C=O) groups is 1. The minimum Gasteiger partial charge on any atom is -0.354 e. The second kappa shape index (κ2) is 5.16. The molecule has 2 aromatic rings. The maximum atomic E-state index is 12.3. The SMILES string of the molecule is CNC(=O)c1sc(-c2c(C)c(C)nn(C)c2=O)nc1C. The zero-order chi connectivity index (χ0) is 15.0. The number of thiazole rings is 1. The molecule has 1 amide bonds. The van der Waals surface area contributed by atoms with Gasteiger partial charge in [0.25, 0.3) is 11.5 Å². The van der Waals surface area contributed by atoms with Crippen LogP contribution in [-0.2, 0) is 7.05 Å². The Bertz CT molecular complexity index is 746. The van der Waals surface area contributed by atoms with Crippen LogP contribution in [0.1, 0.15) is 26.6 Å². The predicted molar refractivity (Wildman–Crippen MR) is 78.2 cm³/mol. The number of nitrogens with zero attached hydrogens (tertiary/aromatic N) is 3. The molecular weight excluding hydrogens is 276 g/mol. The van der Waals surface area contributed by atoms with E-state index in [4.69, 9.17) is 0 Å². The lowest BCUT2D eigenvalue weighted by molar-refractivity contribution is 0.0966. The van der Waals surface area contributed by atoms with E-state index in [9.17, 15) is 9.59 Å². The molecule has 0 atom stereocenters. The van der Waals surface area contributed by atoms with Crippen LogP contribution in [0.4, 0.5) is 0 Å². The van der Waals surface area contributed by atoms with Crippen molar-refractivity contribution in [1.29, 1.82) is 0 Å². The first kappa shape index (κ1) is 14.4. The quantitative estimate of drug-likeness (QED) is 0.902. The fourth-order valence-electron chi connectivity index (χ4n) is 1.93. The third kappa shape index (κ3) is 2.24. The molecule has 0 saturated heterocycles. The number of nitrogens with one attached hydrogen (secondary N) is 1. The smallest absolute Gasteiger partial charge is 0.277 e. The van der Waals surface area contributed by atoms with Gasteiger partial charge in [-0.25, -0.2) is 9.67 Å². The van der Waals surface area contributed by atoms with Gasteiger partial charge < -0.3 is 5.32 Å². The van der Waals surface area contributed by atoms with Crippen LogP contribution in [0.3, 0.4) is 0 Å². The van der Waals surface area contributed by atoms with Crippen LogP contribution >= 0.6 is 11.3 Å². The fourth-order valence-corrected chi connectivity index (χ4v) is 3.03. The van der Waals surface area contributed by atoms with Crippen molar-refractivity contribution >= 4 is 17.2 Å². The van der Waals surface area contributed by atoms with Crippen molar-refractivity contribution in [2.45, 2.75) is 20.8 Å². The minimum atomic E-state index is -0.203. The summed E-state index contributed by atoms with van der Waals surface area (Å²) in [6, 6.07) is 0. The fraction of sp³-hybridized carbons (Fsp3) is 0.385. The Morgan fingerprint density at radius 2 is 1.90 bits per heavy atom. The van der Waals surface area contributed by atoms with Crippen molar-refractivity contribution in [2.75, 3.05) is 7.05 Å². The normalized spacial score (nSPS) is 10.7. The zero-order valence-electron chi connectivity index (χ0n) is 12.1. The van der Waals surface area contributed by atoms with E-state index in [1.54, 1.807) is 21.0 Å². The predicted octanol–water partition coefficient (Wildman–Crippen LogP) is 1.19. The van der Waals surface area contributed by atoms with E-state index in [0.29, 0.717) is 21.1 Å². The molecular formula is C13H16N4O2S. The van der Waals surface area contributed by atoms with Gasteiger partial charge >= 0.3 is 0 Å². The molecule has 1 N–H and O–H groups in total. The highest BCUT2D eigenvalue weighted by Gasteiger charge is 2.20. The molecule has 0 saturated carbocycles. The molecule has 0 unspecified atom stereocenters. The molecule has 2 rings (SSSR count). The highest BCUT2D eigenvalue weighted by atomic mass is 32.1. The van der Waals surface area contributed by atoms with Gasteiger partial charge in [-0.15, -0.1) is 11.3 Å². The Kier molecular flexibility index (Phi) is 3.71. The summed E-state index contributed by atoms with van der Waals surface area (Å²) in [5.74, 6) is -0.188. The van der Waals surface area contributed by atoms with Crippen molar-refractivity contribution in [2.24, 2.45) is 7.05 Å². The molecule has 0 aliphatic rings. The topological polar surface area (TPSA) is 76.9 Å². The Labute approximate surface area is 120 Å². The molecule has 0 bridgehead atoms. The summed E-state index contributed by atoms with van der Waals surface area (Å²) in [4.78, 5) is 28.9. The van der Waals surface area contributed by atoms with E-state index in [2.05, 4.69) is 15.4 Å². The molecule has 0 fully saturated rings. The van der Waals surface area contributed by atoms with Crippen LogP contribution in [0, 0.1) is 20.8 Å². The first-order chi connectivity index (χ1) is 9.36. The van der Waals surface area contributed by atoms with Crippen molar-refractivity contribution in [3.05, 3.63) is 32.2 Å². The van der Waals surface area contributed by atoms with Crippen LogP contribution in [-0.4, -0.2) is 27.7 Å². The van der Waals surface area contributed by atoms with E-state index in [0.717, 1.165) is 11.3 Å². The molecule has 6 nitrogen and oxygen atoms in total. The maximum Gasteiger partial charge on any atom is 0.277 e. The molecule has 2 heterocycles. The van der Waals surface area contributed by atoms with E-state index >= 15 is 0 Å². The molecule has 106 valence electrons. The summed E-state index contributed by atoms with van der Waals surface area (Å²) < 4.78 is 1.30. The van der Waals surface area contributed by atoms with Gasteiger partial charge in [0.05, 0.1) is 17.0 Å². The summed E-state index contributed by atoms with van der Waals surface area (Å²) in [5, 5.41) is 7.28. The molecule has 7 heteroatoms. The van der Waals surface area contributed by atoms with Gasteiger partial charge in [0, 0.05) is 14.1 Å². The van der Waals surface area contributed by atoms with Gasteiger partial charge in [0.2, 0.25) is 0 Å². The van der Waals surface area contributed by atoms with Crippen LogP contribution in [0.2, 0.25) is 0 Å². The Balaban J connectivity index is 2.70. The molecule has 2 aromatic heterocycles. The van der Waals surface area contributed by atoms with Gasteiger partial charge in [-0.05, 0) is 26.3 Å². The molecule has 0 aromatic carbocycles. The van der Waals surface area contributed by atoms with E-state index in [1.165, 1.54) is 16.0 Å². The molecule has 0 aliphatic heterocycles. The number of amides is 1. The molecule has 0 aliphatic carbocycles. The highest BCUT2D eigenvalue weighted by molar-refractivity contribution is 7.17. The number of rotatable bonds is 2. The third-order valence-electron chi connectivity index (χ3n) is 3.17. The van der Waals surface area contributed by atoms with Crippen molar-refractivity contribution in [1.82, 2.24) is 20.1 Å². The van der Waals surface area contributed by atoms with Crippen LogP contribution in [0.5, 0.6) is 0 Å². The standard InChI is InChI=1S/C13H16N4O2S/c1-6-7(2)16-17(5)13(19)9(6)12-15-8(3)10(20-12)11(18)14-4/h1-5H3,(H,14,18). The first-order valence-electron chi connectivity index (χ1n) is 6.11. The third-order valence-corrected chi connectivity index (χ3v) is 4.34. The largest absolute Gasteiger partial charge is 0.354 e. The number of hydrogen-bond donors (Lipinski definition) is 1. The molecule has 0 radical (unpaired) electrons. The van der Waals surface area contributed by atoms with E-state index < -0.39 is 0 Å². The minimum absolute atomic E-state index is 0.188. The summed E-state index contributed by atoms with van der Waals surface area (Å²) in [7, 11) is 3.18. The second-order valence-corrected chi connectivity index (χ2v) is 5.53. The van der Waals surface area contributed by atoms with Crippen LogP contribution < -0.4 is 10.9 Å². The van der Waals surface area contributed by atoms with Crippen molar-refractivity contribution in [3.8, 4) is 10.6 Å². The van der Waals surface area contributed by atoms with Gasteiger partial charge in [-0.3, -0.25) is 9.59 Å². The molecule has 20 heavy (non-hydrogen) atoms. The number of aromatic nitrogens is 3. The summed E-state index contributed by atoms with van der Waals surface area (Å²) in [5.41, 5.74) is 2.51. The van der Waals surface area contributed by atoms with Crippen LogP contribution in [0.25, 0.3) is 10.6 Å². The Morgan fingerprint density at radius 3 is 2.50 bits per heavy atom. The summed E-state index contributed by atoms with van der Waals surface area (Å²) in [6.45, 7) is 5.45. The van der Waals surface area contributed by atoms with Gasteiger partial charge in [-0.1, -0.05) is 0 Å². The zero-order valence-corrected chi connectivity index (χ0v) is 12.9. The van der Waals surface area contributed by atoms with Crippen molar-refractivity contribution in [3.63, 3.8) is 0 Å². The number of aryl methyl sites for hydroxylation is 3. The first-order valence-corrected chi connectivity index (χ1v) is 6.92. The van der Waals surface area contributed by atoms with Crippen LogP contribution in [0.15, 0.2) is 4.79 Å². The van der Waals surface area contributed by atoms with Gasteiger partial charge in [0.15, 0.2) is 0 Å². The summed E-state index contributed by atoms with van der Waals surface area (Å²) in [6.07, 6.45) is 0. The maximum absolute atomic E-state index is 12.3. The number of carbonyl (C=O) groups excluding carboxylic acids is 1. The van der Waals surface area contributed by atoms with E-state index in [-0.39, 0.29) is 11.5 Å². The average Bonchev–Trinajstić information content (AvgIpc) is 2.78. The summed E-state index contributed by atoms with van der Waals surface area (Å²) >= 11 is 1.23. The number of hydrogen-bond acceptors (Lipinski definition) is 5. The van der Waals surface area contributed by atoms with Gasteiger partial charge in [-0.2, -0.15) is 5.10 Å². The lowest BCUT2D eigenvalue weighted by atomic mass is 10.1. The lowest BCUT2D eigenvalue weighted by Gasteiger charge is -2.07. The Hall–Kier alpha value is -2.02. The van der Waals surface area contributed by atoms with Crippen molar-refractivity contribution < 1.29 is 4.79 Å². The average molecular weight is 292 g/mol. The second-order valence-electron chi connectivity index (χ2n) is 4.53. The van der Waals surface area contributed by atoms with E-state index in [1.807, 2.05) is 13.8 Å². The molecule has 0 spiro atoms. The van der Waals surface area contributed by atoms with Gasteiger partial charge in [0.1, 0.15) is 9.88 Å². The Morgan fingerprint density at radius 1 is 1.25 bits per heavy atom.